The summed E-state index contributed by atoms with van der Waals surface area (Å²) in [4.78, 5) is 0. The van der Waals surface area contributed by atoms with Gasteiger partial charge in [-0.15, -0.1) is 0 Å². The second-order valence-corrected chi connectivity index (χ2v) is 13.6. The number of para-hydroxylation sites is 3. The van der Waals surface area contributed by atoms with Gasteiger partial charge in [-0.25, -0.2) is 4.57 Å². The Labute approximate surface area is 273 Å². The lowest BCUT2D eigenvalue weighted by Crippen LogP contribution is -2.30. The second-order valence-electron chi connectivity index (χ2n) is 13.6. The zero-order valence-electron chi connectivity index (χ0n) is 27.7. The van der Waals surface area contributed by atoms with Gasteiger partial charge in [-0.1, -0.05) is 94.4 Å². The molecule has 0 atom stereocenters. The van der Waals surface area contributed by atoms with Gasteiger partial charge in [0.05, 0.1) is 7.05 Å². The summed E-state index contributed by atoms with van der Waals surface area (Å²) < 4.78 is 18.3. The Morgan fingerprint density at radius 2 is 1.36 bits per heavy atom. The number of hydrogen-bond donors (Lipinski definition) is 0. The third-order valence-corrected chi connectivity index (χ3v) is 10.1. The number of rotatable bonds is 4. The predicted molar refractivity (Wildman–Crippen MR) is 195 cm³/mol. The van der Waals surface area contributed by atoms with Crippen molar-refractivity contribution in [3.63, 3.8) is 0 Å². The Morgan fingerprint density at radius 3 is 2.15 bits per heavy atom. The normalized spacial score (nSPS) is 12.4. The van der Waals surface area contributed by atoms with Gasteiger partial charge in [-0.3, -0.25) is 0 Å². The van der Waals surface area contributed by atoms with Crippen molar-refractivity contribution in [3.8, 4) is 17.1 Å². The average molecular weight is 614 g/mol. The average Bonchev–Trinajstić information content (AvgIpc) is 3.71. The van der Waals surface area contributed by atoms with E-state index in [1.807, 2.05) is 6.07 Å². The van der Waals surface area contributed by atoms with Crippen LogP contribution >= 0.6 is 0 Å². The van der Waals surface area contributed by atoms with E-state index in [4.69, 9.17) is 8.83 Å². The number of imidazole rings is 1. The lowest BCUT2D eigenvalue weighted by Gasteiger charge is -2.20. The van der Waals surface area contributed by atoms with Crippen molar-refractivity contribution >= 4 is 65.7 Å². The van der Waals surface area contributed by atoms with Gasteiger partial charge in [-0.05, 0) is 71.5 Å². The molecule has 0 unspecified atom stereocenters. The molecule has 9 aromatic rings. The van der Waals surface area contributed by atoms with Gasteiger partial charge in [0.2, 0.25) is 0 Å². The van der Waals surface area contributed by atoms with Gasteiger partial charge < -0.3 is 8.83 Å². The molecular formula is C43H37N2O2+. The molecule has 3 aromatic heterocycles. The molecule has 0 amide bonds. The summed E-state index contributed by atoms with van der Waals surface area (Å²) in [7, 11) is 2.19. The molecule has 4 heteroatoms. The molecule has 230 valence electrons. The maximum absolute atomic E-state index is 6.73. The van der Waals surface area contributed by atoms with Crippen LogP contribution in [0.2, 0.25) is 0 Å². The molecule has 47 heavy (non-hydrogen) atoms. The SMILES string of the molecule is Cc1ccc2c(oc3ccccc32)c1-c1n(-c2c(C(C)C)cc3oc4cc5ccccc5cc4c3c2C(C)C)c2ccccc2[n+]1C. The Bertz CT molecular complexity index is 2720. The smallest absolute Gasteiger partial charge is 0.299 e. The fourth-order valence-electron chi connectivity index (χ4n) is 7.90. The van der Waals surface area contributed by atoms with Gasteiger partial charge in [0.25, 0.3) is 5.82 Å². The van der Waals surface area contributed by atoms with E-state index >= 15 is 0 Å². The van der Waals surface area contributed by atoms with Crippen LogP contribution < -0.4 is 4.57 Å². The molecule has 0 saturated carbocycles. The van der Waals surface area contributed by atoms with Crippen LogP contribution in [0, 0.1) is 6.92 Å². The minimum atomic E-state index is 0.223. The summed E-state index contributed by atoms with van der Waals surface area (Å²) in [6.07, 6.45) is 0. The number of fused-ring (bicyclic) bond motifs is 8. The van der Waals surface area contributed by atoms with E-state index < -0.39 is 0 Å². The first-order chi connectivity index (χ1) is 22.8. The van der Waals surface area contributed by atoms with Crippen LogP contribution in [0.15, 0.2) is 112 Å². The van der Waals surface area contributed by atoms with Gasteiger partial charge in [0.15, 0.2) is 16.6 Å². The molecule has 0 N–H and O–H groups in total. The van der Waals surface area contributed by atoms with E-state index in [2.05, 4.69) is 148 Å². The minimum absolute atomic E-state index is 0.223. The van der Waals surface area contributed by atoms with E-state index in [0.29, 0.717) is 0 Å². The van der Waals surface area contributed by atoms with E-state index in [0.717, 1.165) is 49.9 Å². The lowest BCUT2D eigenvalue weighted by molar-refractivity contribution is -0.633. The summed E-state index contributed by atoms with van der Waals surface area (Å²) >= 11 is 0. The molecule has 6 aromatic carbocycles. The minimum Gasteiger partial charge on any atom is -0.456 e. The highest BCUT2D eigenvalue weighted by Crippen LogP contribution is 2.46. The lowest BCUT2D eigenvalue weighted by atomic mass is 9.88. The van der Waals surface area contributed by atoms with E-state index in [1.54, 1.807) is 0 Å². The van der Waals surface area contributed by atoms with Crippen molar-refractivity contribution in [2.45, 2.75) is 46.5 Å². The molecule has 0 aliphatic carbocycles. The van der Waals surface area contributed by atoms with Gasteiger partial charge >= 0.3 is 0 Å². The fourth-order valence-corrected chi connectivity index (χ4v) is 7.90. The number of nitrogens with zero attached hydrogens (tertiary/aromatic N) is 2. The molecule has 3 heterocycles. The first-order valence-corrected chi connectivity index (χ1v) is 16.6. The molecule has 0 aliphatic rings. The van der Waals surface area contributed by atoms with Crippen molar-refractivity contribution in [1.82, 2.24) is 4.57 Å². The van der Waals surface area contributed by atoms with Crippen LogP contribution in [0.25, 0.3) is 82.8 Å². The van der Waals surface area contributed by atoms with Crippen LogP contribution in [0.5, 0.6) is 0 Å². The van der Waals surface area contributed by atoms with Gasteiger partial charge in [0.1, 0.15) is 28.0 Å². The third-order valence-electron chi connectivity index (χ3n) is 10.1. The quantitative estimate of drug-likeness (QED) is 0.185. The number of aryl methyl sites for hydroxylation is 2. The molecule has 0 saturated heterocycles. The summed E-state index contributed by atoms with van der Waals surface area (Å²) in [6, 6.07) is 37.0. The number of benzene rings is 6. The summed E-state index contributed by atoms with van der Waals surface area (Å²) in [5.74, 6) is 1.58. The van der Waals surface area contributed by atoms with E-state index in [1.165, 1.54) is 49.6 Å². The van der Waals surface area contributed by atoms with E-state index in [9.17, 15) is 0 Å². The summed E-state index contributed by atoms with van der Waals surface area (Å²) in [5, 5.41) is 7.04. The Hall–Kier alpha value is -5.35. The number of aromatic nitrogens is 2. The standard InChI is InChI=1S/C43H37N2O2/c1-24(2)31-23-37-40(32-21-27-13-7-8-14-28(27)22-36(32)46-37)38(25(3)4)41(31)45-34-17-11-10-16-33(34)44(6)43(45)39-26(5)19-20-30-29-15-9-12-18-35(29)47-42(30)39/h7-25H,1-6H3/q+1. The van der Waals surface area contributed by atoms with Crippen LogP contribution in [0.3, 0.4) is 0 Å². The first-order valence-electron chi connectivity index (χ1n) is 16.6. The second kappa shape index (κ2) is 10.1. The first kappa shape index (κ1) is 27.9. The van der Waals surface area contributed by atoms with Gasteiger partial charge in [0, 0.05) is 32.7 Å². The summed E-state index contributed by atoms with van der Waals surface area (Å²) in [5.41, 5.74) is 12.1. The van der Waals surface area contributed by atoms with Crippen molar-refractivity contribution in [2.75, 3.05) is 0 Å². The Balaban J connectivity index is 1.50. The third kappa shape index (κ3) is 3.91. The molecule has 0 bridgehead atoms. The Morgan fingerprint density at radius 1 is 0.638 bits per heavy atom. The van der Waals surface area contributed by atoms with Crippen LogP contribution in [0.4, 0.5) is 0 Å². The number of furan rings is 2. The highest BCUT2D eigenvalue weighted by atomic mass is 16.3. The molecular weight excluding hydrogens is 576 g/mol. The maximum Gasteiger partial charge on any atom is 0.299 e. The largest absolute Gasteiger partial charge is 0.456 e. The summed E-state index contributed by atoms with van der Waals surface area (Å²) in [6.45, 7) is 11.4. The van der Waals surface area contributed by atoms with Crippen molar-refractivity contribution < 1.29 is 13.4 Å². The number of hydrogen-bond acceptors (Lipinski definition) is 2. The monoisotopic (exact) mass is 613 g/mol. The van der Waals surface area contributed by atoms with Crippen molar-refractivity contribution in [2.24, 2.45) is 7.05 Å². The van der Waals surface area contributed by atoms with Crippen molar-refractivity contribution in [1.29, 1.82) is 0 Å². The highest BCUT2D eigenvalue weighted by molar-refractivity contribution is 6.13. The highest BCUT2D eigenvalue weighted by Gasteiger charge is 2.35. The zero-order valence-corrected chi connectivity index (χ0v) is 27.7. The molecule has 0 fully saturated rings. The van der Waals surface area contributed by atoms with Crippen molar-refractivity contribution in [3.05, 3.63) is 120 Å². The Kier molecular flexibility index (Phi) is 5.98. The fraction of sp³-hybridized carbons (Fsp3) is 0.186. The molecule has 9 rings (SSSR count). The van der Waals surface area contributed by atoms with E-state index in [-0.39, 0.29) is 11.8 Å². The molecule has 0 radical (unpaired) electrons. The zero-order chi connectivity index (χ0) is 32.1. The molecule has 0 aliphatic heterocycles. The van der Waals surface area contributed by atoms with Gasteiger partial charge in [-0.2, -0.15) is 4.57 Å². The topological polar surface area (TPSA) is 35.1 Å². The van der Waals surface area contributed by atoms with Crippen LogP contribution in [-0.4, -0.2) is 4.57 Å². The van der Waals surface area contributed by atoms with Crippen LogP contribution in [-0.2, 0) is 7.05 Å². The molecule has 4 nitrogen and oxygen atoms in total. The van der Waals surface area contributed by atoms with Crippen LogP contribution in [0.1, 0.15) is 56.2 Å². The predicted octanol–water partition coefficient (Wildman–Crippen LogP) is 11.6. The molecule has 0 spiro atoms. The maximum atomic E-state index is 6.73.